The SMILES string of the molecule is CC(C)c1cccc(C(C)C)c1-c1ccnc(-c2cc(Oc3ccc([N]([Ga]([F])[F])C(C)(C)C)c(-c4nccc(-c5c(C(C)C)cccc5C(C)C)n4)c3)ccc2[N]([Ga]([F])[F])C(C)(C)C)n1. The summed E-state index contributed by atoms with van der Waals surface area (Å²) in [7, 11) is 0. The van der Waals surface area contributed by atoms with Gasteiger partial charge >= 0.3 is 399 Å². The number of anilines is 2. The van der Waals surface area contributed by atoms with Crippen molar-refractivity contribution in [2.75, 3.05) is 7.21 Å². The maximum absolute atomic E-state index is 15.3. The molecule has 0 aliphatic carbocycles. The Balaban J connectivity index is 1.55. The molecule has 0 unspecified atom stereocenters. The molecule has 0 bridgehead atoms. The fourth-order valence-corrected chi connectivity index (χ4v) is 12.8. The molecule has 6 aromatic rings. The van der Waals surface area contributed by atoms with Gasteiger partial charge in [-0.1, -0.05) is 0 Å². The number of aromatic nitrogens is 4. The third kappa shape index (κ3) is 11.0. The Morgan fingerprint density at radius 2 is 0.800 bits per heavy atom. The predicted octanol–water partition coefficient (Wildman–Crippen LogP) is 15.3. The zero-order valence-electron chi connectivity index (χ0n) is 40.3. The van der Waals surface area contributed by atoms with Crippen LogP contribution in [0, 0.1) is 0 Å². The summed E-state index contributed by atoms with van der Waals surface area (Å²) in [6, 6.07) is 26.3. The average Bonchev–Trinajstić information content (AvgIpc) is 3.22. The molecule has 7 nitrogen and oxygen atoms in total. The van der Waals surface area contributed by atoms with E-state index in [1.54, 1.807) is 90.3 Å². The monoisotopic (exact) mass is 1000 g/mol. The Labute approximate surface area is 397 Å². The van der Waals surface area contributed by atoms with Crippen LogP contribution in [0.15, 0.2) is 97.3 Å². The van der Waals surface area contributed by atoms with Crippen LogP contribution in [0.25, 0.3) is 45.3 Å². The quantitative estimate of drug-likeness (QED) is 0.0795. The summed E-state index contributed by atoms with van der Waals surface area (Å²) in [5.41, 5.74) is 7.56. The Morgan fingerprint density at radius 1 is 0.477 bits per heavy atom. The summed E-state index contributed by atoms with van der Waals surface area (Å²) in [5, 5.41) is 0. The molecule has 2 aromatic heterocycles. The summed E-state index contributed by atoms with van der Waals surface area (Å²) in [5.74, 6) is 2.04. The van der Waals surface area contributed by atoms with E-state index in [2.05, 4.69) is 91.8 Å². The summed E-state index contributed by atoms with van der Waals surface area (Å²) in [4.78, 5) is 19.6. The molecule has 13 heteroatoms. The van der Waals surface area contributed by atoms with Crippen molar-refractivity contribution in [2.45, 2.75) is 132 Å². The molecule has 65 heavy (non-hydrogen) atoms. The molecule has 2 heterocycles. The second-order valence-electron chi connectivity index (χ2n) is 19.9. The number of rotatable bonds is 14. The third-order valence-electron chi connectivity index (χ3n) is 11.6. The second-order valence-corrected chi connectivity index (χ2v) is 24.4. The molecule has 0 aliphatic rings. The first-order chi connectivity index (χ1) is 30.5. The van der Waals surface area contributed by atoms with Crippen molar-refractivity contribution in [1.82, 2.24) is 19.9 Å². The molecular formula is C52H62F4Ga2N6O. The molecule has 0 amide bonds. The first-order valence-corrected chi connectivity index (χ1v) is 28.4. The van der Waals surface area contributed by atoms with E-state index in [0.29, 0.717) is 45.4 Å². The minimum absolute atomic E-state index is 0.203. The molecule has 0 N–H and O–H groups in total. The van der Waals surface area contributed by atoms with Gasteiger partial charge in [-0.2, -0.15) is 0 Å². The predicted molar refractivity (Wildman–Crippen MR) is 263 cm³/mol. The van der Waals surface area contributed by atoms with Gasteiger partial charge in [0, 0.05) is 0 Å². The number of hydrogen-bond acceptors (Lipinski definition) is 7. The minimum atomic E-state index is -5.01. The molecule has 340 valence electrons. The number of benzene rings is 4. The topological polar surface area (TPSA) is 67.3 Å². The first-order valence-electron chi connectivity index (χ1n) is 22.5. The average molecular weight is 1000 g/mol. The van der Waals surface area contributed by atoms with Gasteiger partial charge in [-0.25, -0.2) is 0 Å². The number of halogens is 4. The Bertz CT molecular complexity index is 2390. The van der Waals surface area contributed by atoms with Gasteiger partial charge < -0.3 is 0 Å². The van der Waals surface area contributed by atoms with Crippen molar-refractivity contribution >= 4 is 46.3 Å². The molecule has 0 spiro atoms. The van der Waals surface area contributed by atoms with Gasteiger partial charge in [-0.3, -0.25) is 0 Å². The van der Waals surface area contributed by atoms with E-state index in [0.717, 1.165) is 33.4 Å². The standard InChI is InChI=1S/C52H62N6O.4FH.2Ga/c1-31(2)37-17-15-18-38(32(3)4)47(37)45-25-27-53-49(55-45)41-29-35(21-23-43(41)57-51(9,10)11)59-36-22-24-44(58-52(12,13)14)42(30-36)50-54-28-26-46(56-50)48-39(33(5)6)19-16-20-40(48)34(7)8;;;;;;/h15-34H,1-14H3;4*1H;;/q-2;;;;;2*+3/p-4. The number of nitrogens with zero attached hydrogens (tertiary/aromatic N) is 6. The second kappa shape index (κ2) is 20.1. The zero-order chi connectivity index (χ0) is 47.7. The zero-order valence-corrected chi connectivity index (χ0v) is 45.2. The van der Waals surface area contributed by atoms with Gasteiger partial charge in [0.2, 0.25) is 0 Å². The fourth-order valence-electron chi connectivity index (χ4n) is 8.54. The van der Waals surface area contributed by atoms with Crippen LogP contribution >= 0.6 is 0 Å². The normalized spacial score (nSPS) is 12.1. The van der Waals surface area contributed by atoms with Gasteiger partial charge in [0.05, 0.1) is 0 Å². The van der Waals surface area contributed by atoms with E-state index in [1.165, 1.54) is 7.21 Å². The van der Waals surface area contributed by atoms with Crippen molar-refractivity contribution in [3.63, 3.8) is 0 Å². The van der Waals surface area contributed by atoms with E-state index < -0.39 is 46.0 Å². The van der Waals surface area contributed by atoms with Gasteiger partial charge in [0.15, 0.2) is 0 Å². The van der Waals surface area contributed by atoms with E-state index >= 15 is 13.1 Å². The summed E-state index contributed by atoms with van der Waals surface area (Å²) in [6.07, 6.45) is 3.36. The van der Waals surface area contributed by atoms with Crippen LogP contribution in [0.2, 0.25) is 0 Å². The molecular weight excluding hydrogens is 940 g/mol. The Kier molecular flexibility index (Phi) is 15.4. The summed E-state index contributed by atoms with van der Waals surface area (Å²) < 4.78 is 70.4. The first kappa shape index (κ1) is 49.9. The third-order valence-corrected chi connectivity index (χ3v) is 17.6. The van der Waals surface area contributed by atoms with Crippen molar-refractivity contribution in [3.05, 3.63) is 120 Å². The van der Waals surface area contributed by atoms with Crippen LogP contribution < -0.4 is 12.0 Å². The van der Waals surface area contributed by atoms with Crippen molar-refractivity contribution in [1.29, 1.82) is 0 Å². The maximum atomic E-state index is 15.3. The van der Waals surface area contributed by atoms with E-state index in [-0.39, 0.29) is 35.3 Å². The molecule has 0 radical (unpaired) electrons. The molecule has 6 rings (SSSR count). The summed E-state index contributed by atoms with van der Waals surface area (Å²) in [6.45, 7) is 27.8. The Morgan fingerprint density at radius 3 is 1.08 bits per heavy atom. The van der Waals surface area contributed by atoms with Crippen molar-refractivity contribution in [3.8, 4) is 56.8 Å². The Hall–Kier alpha value is -4.57. The van der Waals surface area contributed by atoms with E-state index in [1.807, 2.05) is 12.1 Å². The van der Waals surface area contributed by atoms with Crippen LogP contribution in [0.1, 0.15) is 143 Å². The molecule has 0 saturated heterocycles. The van der Waals surface area contributed by atoms with Gasteiger partial charge in [0.25, 0.3) is 0 Å². The molecule has 0 atom stereocenters. The molecule has 0 fully saturated rings. The van der Waals surface area contributed by atoms with Crippen LogP contribution in [-0.2, 0) is 0 Å². The van der Waals surface area contributed by atoms with Gasteiger partial charge in [-0.15, -0.1) is 0 Å². The van der Waals surface area contributed by atoms with Crippen molar-refractivity contribution in [2.24, 2.45) is 0 Å². The van der Waals surface area contributed by atoms with Crippen LogP contribution in [0.5, 0.6) is 11.5 Å². The molecule has 0 aliphatic heterocycles. The van der Waals surface area contributed by atoms with E-state index in [4.69, 9.17) is 24.7 Å². The number of hydrogen-bond donors (Lipinski definition) is 0. The van der Waals surface area contributed by atoms with Gasteiger partial charge in [0.1, 0.15) is 0 Å². The van der Waals surface area contributed by atoms with Crippen LogP contribution in [0.3, 0.4) is 0 Å². The van der Waals surface area contributed by atoms with E-state index in [9.17, 15) is 0 Å². The van der Waals surface area contributed by atoms with Crippen molar-refractivity contribution < 1.29 is 17.9 Å². The number of ether oxygens (including phenoxy) is 1. The fraction of sp³-hybridized carbons (Fsp3) is 0.385. The molecule has 0 saturated carbocycles. The van der Waals surface area contributed by atoms with Crippen LogP contribution in [-0.4, -0.2) is 65.9 Å². The van der Waals surface area contributed by atoms with Gasteiger partial charge in [-0.05, 0) is 0 Å². The summed E-state index contributed by atoms with van der Waals surface area (Å²) >= 11 is -10.0. The molecule has 4 aromatic carbocycles. The van der Waals surface area contributed by atoms with Crippen LogP contribution in [0.4, 0.5) is 24.5 Å².